The van der Waals surface area contributed by atoms with Gasteiger partial charge in [0.05, 0.1) is 0 Å². The highest BCUT2D eigenvalue weighted by atomic mass is 16.5. The Bertz CT molecular complexity index is 903. The van der Waals surface area contributed by atoms with Crippen LogP contribution in [0.5, 0.6) is 0 Å². The summed E-state index contributed by atoms with van der Waals surface area (Å²) in [7, 11) is 0. The molecule has 0 saturated carbocycles. The first-order valence-corrected chi connectivity index (χ1v) is 8.70. The summed E-state index contributed by atoms with van der Waals surface area (Å²) in [4.78, 5) is 18.7. The van der Waals surface area contributed by atoms with Crippen molar-refractivity contribution in [2.75, 3.05) is 13.1 Å². The van der Waals surface area contributed by atoms with Gasteiger partial charge in [-0.3, -0.25) is 4.79 Å². The van der Waals surface area contributed by atoms with E-state index in [9.17, 15) is 4.79 Å². The predicted molar refractivity (Wildman–Crippen MR) is 99.1 cm³/mol. The molecule has 26 heavy (non-hydrogen) atoms. The van der Waals surface area contributed by atoms with Crippen molar-refractivity contribution in [3.8, 4) is 11.5 Å². The number of carbonyl (C=O) groups excluding carboxylic acids is 1. The number of likely N-dealkylation sites (tertiary alicyclic amines) is 1. The van der Waals surface area contributed by atoms with E-state index in [2.05, 4.69) is 10.1 Å². The summed E-state index contributed by atoms with van der Waals surface area (Å²) < 4.78 is 5.39. The van der Waals surface area contributed by atoms with Crippen LogP contribution in [0.4, 0.5) is 0 Å². The summed E-state index contributed by atoms with van der Waals surface area (Å²) >= 11 is 0. The van der Waals surface area contributed by atoms with Crippen LogP contribution in [0.1, 0.15) is 23.7 Å². The van der Waals surface area contributed by atoms with Crippen LogP contribution in [0.3, 0.4) is 0 Å². The van der Waals surface area contributed by atoms with Crippen LogP contribution >= 0.6 is 0 Å². The van der Waals surface area contributed by atoms with Gasteiger partial charge in [0.1, 0.15) is 0 Å². The summed E-state index contributed by atoms with van der Waals surface area (Å²) in [6.07, 6.45) is 4.32. The maximum atomic E-state index is 12.4. The van der Waals surface area contributed by atoms with Crippen molar-refractivity contribution in [3.63, 3.8) is 0 Å². The van der Waals surface area contributed by atoms with Crippen LogP contribution in [0.2, 0.25) is 0 Å². The molecule has 5 nitrogen and oxygen atoms in total. The highest BCUT2D eigenvalue weighted by Crippen LogP contribution is 2.27. The molecule has 2 heterocycles. The molecule has 4 rings (SSSR count). The molecule has 0 aliphatic carbocycles. The Balaban J connectivity index is 1.40. The minimum absolute atomic E-state index is 0.0168. The van der Waals surface area contributed by atoms with Gasteiger partial charge in [0.2, 0.25) is 5.91 Å². The van der Waals surface area contributed by atoms with E-state index in [1.54, 1.807) is 6.08 Å². The van der Waals surface area contributed by atoms with E-state index in [1.807, 2.05) is 71.6 Å². The first-order valence-electron chi connectivity index (χ1n) is 8.70. The van der Waals surface area contributed by atoms with Crippen molar-refractivity contribution in [1.82, 2.24) is 15.0 Å². The van der Waals surface area contributed by atoms with Gasteiger partial charge in [-0.2, -0.15) is 4.98 Å². The van der Waals surface area contributed by atoms with Crippen molar-refractivity contribution in [3.05, 3.63) is 78.1 Å². The SMILES string of the molecule is O=C(/C=C/c1ccccc1)N1CCC(c2noc(-c3ccccc3)n2)C1. The van der Waals surface area contributed by atoms with Gasteiger partial charge in [-0.05, 0) is 30.2 Å². The molecule has 1 amide bonds. The monoisotopic (exact) mass is 345 g/mol. The molecule has 5 heteroatoms. The van der Waals surface area contributed by atoms with Gasteiger partial charge in [0, 0.05) is 30.6 Å². The number of carbonyl (C=O) groups is 1. The number of hydrogen-bond acceptors (Lipinski definition) is 4. The lowest BCUT2D eigenvalue weighted by molar-refractivity contribution is -0.124. The zero-order valence-corrected chi connectivity index (χ0v) is 14.3. The van der Waals surface area contributed by atoms with Crippen LogP contribution < -0.4 is 0 Å². The van der Waals surface area contributed by atoms with Gasteiger partial charge < -0.3 is 9.42 Å². The van der Waals surface area contributed by atoms with Gasteiger partial charge in [-0.15, -0.1) is 0 Å². The lowest BCUT2D eigenvalue weighted by atomic mass is 10.1. The molecule has 3 aromatic rings. The highest BCUT2D eigenvalue weighted by molar-refractivity contribution is 5.92. The zero-order chi connectivity index (χ0) is 17.8. The topological polar surface area (TPSA) is 59.2 Å². The predicted octanol–water partition coefficient (Wildman–Crippen LogP) is 3.77. The summed E-state index contributed by atoms with van der Waals surface area (Å²) in [6.45, 7) is 1.32. The second-order valence-corrected chi connectivity index (χ2v) is 6.34. The van der Waals surface area contributed by atoms with E-state index in [0.717, 1.165) is 17.5 Å². The normalized spacial score (nSPS) is 17.1. The van der Waals surface area contributed by atoms with E-state index in [4.69, 9.17) is 4.52 Å². The van der Waals surface area contributed by atoms with Gasteiger partial charge >= 0.3 is 0 Å². The first kappa shape index (κ1) is 16.3. The molecular formula is C21H19N3O2. The smallest absolute Gasteiger partial charge is 0.257 e. The van der Waals surface area contributed by atoms with Crippen LogP contribution in [-0.4, -0.2) is 34.0 Å². The minimum atomic E-state index is 0.0168. The Labute approximate surface area is 152 Å². The maximum Gasteiger partial charge on any atom is 0.257 e. The van der Waals surface area contributed by atoms with Crippen molar-refractivity contribution < 1.29 is 9.32 Å². The minimum Gasteiger partial charge on any atom is -0.338 e. The van der Waals surface area contributed by atoms with Crippen molar-refractivity contribution in [2.24, 2.45) is 0 Å². The Morgan fingerprint density at radius 2 is 1.81 bits per heavy atom. The van der Waals surface area contributed by atoms with Crippen molar-refractivity contribution >= 4 is 12.0 Å². The van der Waals surface area contributed by atoms with Crippen molar-refractivity contribution in [1.29, 1.82) is 0 Å². The average molecular weight is 345 g/mol. The van der Waals surface area contributed by atoms with Gasteiger partial charge in [0.15, 0.2) is 5.82 Å². The molecule has 1 fully saturated rings. The van der Waals surface area contributed by atoms with Gasteiger partial charge in [-0.25, -0.2) is 0 Å². The Hall–Kier alpha value is -3.21. The molecule has 130 valence electrons. The second kappa shape index (κ2) is 7.35. The molecule has 0 N–H and O–H groups in total. The first-order chi connectivity index (χ1) is 12.8. The molecular weight excluding hydrogens is 326 g/mol. The molecule has 1 saturated heterocycles. The quantitative estimate of drug-likeness (QED) is 0.676. The molecule has 0 spiro atoms. The Morgan fingerprint density at radius 1 is 1.08 bits per heavy atom. The Kier molecular flexibility index (Phi) is 4.60. The fourth-order valence-corrected chi connectivity index (χ4v) is 3.11. The lowest BCUT2D eigenvalue weighted by Crippen LogP contribution is -2.26. The number of benzene rings is 2. The number of amides is 1. The Morgan fingerprint density at radius 3 is 2.58 bits per heavy atom. The molecule has 1 aliphatic rings. The third-order valence-electron chi connectivity index (χ3n) is 4.55. The molecule has 1 atom stereocenters. The molecule has 1 aromatic heterocycles. The number of rotatable bonds is 4. The zero-order valence-electron chi connectivity index (χ0n) is 14.3. The van der Waals surface area contributed by atoms with E-state index in [1.165, 1.54) is 0 Å². The van der Waals surface area contributed by atoms with Gasteiger partial charge in [-0.1, -0.05) is 53.7 Å². The summed E-state index contributed by atoms with van der Waals surface area (Å²) in [5, 5.41) is 4.12. The fourth-order valence-electron chi connectivity index (χ4n) is 3.11. The molecule has 0 bridgehead atoms. The van der Waals surface area contributed by atoms with E-state index in [0.29, 0.717) is 24.8 Å². The third-order valence-corrected chi connectivity index (χ3v) is 4.55. The van der Waals surface area contributed by atoms with Crippen LogP contribution in [-0.2, 0) is 4.79 Å². The number of hydrogen-bond donors (Lipinski definition) is 0. The largest absolute Gasteiger partial charge is 0.338 e. The fraction of sp³-hybridized carbons (Fsp3) is 0.190. The number of nitrogens with zero attached hydrogens (tertiary/aromatic N) is 3. The summed E-state index contributed by atoms with van der Waals surface area (Å²) in [5.74, 6) is 1.33. The molecule has 1 aliphatic heterocycles. The van der Waals surface area contributed by atoms with Crippen LogP contribution in [0.15, 0.2) is 71.3 Å². The third kappa shape index (κ3) is 3.57. The summed E-state index contributed by atoms with van der Waals surface area (Å²) in [5.41, 5.74) is 1.92. The molecule has 1 unspecified atom stereocenters. The molecule has 0 radical (unpaired) electrons. The van der Waals surface area contributed by atoms with E-state index >= 15 is 0 Å². The van der Waals surface area contributed by atoms with E-state index in [-0.39, 0.29) is 11.8 Å². The van der Waals surface area contributed by atoms with Crippen molar-refractivity contribution in [2.45, 2.75) is 12.3 Å². The average Bonchev–Trinajstić information content (AvgIpc) is 3.37. The number of aromatic nitrogens is 2. The lowest BCUT2D eigenvalue weighted by Gasteiger charge is -2.13. The summed E-state index contributed by atoms with van der Waals surface area (Å²) in [6, 6.07) is 19.5. The van der Waals surface area contributed by atoms with Crippen LogP contribution in [0.25, 0.3) is 17.5 Å². The van der Waals surface area contributed by atoms with E-state index < -0.39 is 0 Å². The maximum absolute atomic E-state index is 12.4. The van der Waals surface area contributed by atoms with Crippen LogP contribution in [0, 0.1) is 0 Å². The second-order valence-electron chi connectivity index (χ2n) is 6.34. The highest BCUT2D eigenvalue weighted by Gasteiger charge is 2.29. The standard InChI is InChI=1S/C21H19N3O2/c25-19(12-11-16-7-3-1-4-8-16)24-14-13-18(15-24)20-22-21(26-23-20)17-9-5-2-6-10-17/h1-12,18H,13-15H2/b12-11+. The van der Waals surface area contributed by atoms with Gasteiger partial charge in [0.25, 0.3) is 5.89 Å². The molecule has 2 aromatic carbocycles.